The van der Waals surface area contributed by atoms with Gasteiger partial charge in [0.25, 0.3) is 0 Å². The molecule has 126 valence electrons. The molecule has 0 saturated carbocycles. The SMILES string of the molecule is Cn1cnnc1CCCNS(=O)(=O)c1ccc(C(C)(C)C)cc1. The highest BCUT2D eigenvalue weighted by atomic mass is 32.2. The number of hydrogen-bond donors (Lipinski definition) is 1. The summed E-state index contributed by atoms with van der Waals surface area (Å²) < 4.78 is 29.0. The van der Waals surface area contributed by atoms with Gasteiger partial charge in [-0.2, -0.15) is 0 Å². The van der Waals surface area contributed by atoms with E-state index < -0.39 is 10.0 Å². The second-order valence-corrected chi connectivity index (χ2v) is 8.40. The van der Waals surface area contributed by atoms with Crippen molar-refractivity contribution in [3.05, 3.63) is 42.0 Å². The lowest BCUT2D eigenvalue weighted by molar-refractivity contribution is 0.575. The quantitative estimate of drug-likeness (QED) is 0.819. The zero-order chi connectivity index (χ0) is 17.1. The number of benzene rings is 1. The smallest absolute Gasteiger partial charge is 0.240 e. The second kappa shape index (κ2) is 6.80. The Hall–Kier alpha value is -1.73. The Balaban J connectivity index is 1.92. The van der Waals surface area contributed by atoms with Crippen LogP contribution in [0.1, 0.15) is 38.6 Å². The van der Waals surface area contributed by atoms with E-state index in [9.17, 15) is 8.42 Å². The van der Waals surface area contributed by atoms with Crippen molar-refractivity contribution in [2.45, 2.75) is 43.9 Å². The molecule has 0 radical (unpaired) electrons. The number of nitrogens with one attached hydrogen (secondary N) is 1. The molecule has 6 nitrogen and oxygen atoms in total. The number of rotatable bonds is 6. The van der Waals surface area contributed by atoms with Crippen LogP contribution in [-0.2, 0) is 28.9 Å². The summed E-state index contributed by atoms with van der Waals surface area (Å²) in [5.41, 5.74) is 1.12. The normalized spacial score (nSPS) is 12.5. The molecule has 0 bridgehead atoms. The van der Waals surface area contributed by atoms with Crippen molar-refractivity contribution in [3.63, 3.8) is 0 Å². The maximum Gasteiger partial charge on any atom is 0.240 e. The first-order valence-electron chi connectivity index (χ1n) is 7.63. The summed E-state index contributed by atoms with van der Waals surface area (Å²) in [6, 6.07) is 7.05. The topological polar surface area (TPSA) is 76.9 Å². The number of nitrogens with zero attached hydrogens (tertiary/aromatic N) is 3. The summed E-state index contributed by atoms with van der Waals surface area (Å²) in [7, 11) is -1.60. The van der Waals surface area contributed by atoms with Crippen molar-refractivity contribution in [3.8, 4) is 0 Å². The zero-order valence-electron chi connectivity index (χ0n) is 14.1. The molecule has 7 heteroatoms. The summed E-state index contributed by atoms with van der Waals surface area (Å²) in [6.45, 7) is 6.67. The van der Waals surface area contributed by atoms with Gasteiger partial charge in [-0.05, 0) is 29.5 Å². The van der Waals surface area contributed by atoms with E-state index in [1.807, 2.05) is 23.7 Å². The monoisotopic (exact) mass is 336 g/mol. The fraction of sp³-hybridized carbons (Fsp3) is 0.500. The molecule has 0 unspecified atom stereocenters. The van der Waals surface area contributed by atoms with Gasteiger partial charge >= 0.3 is 0 Å². The van der Waals surface area contributed by atoms with Gasteiger partial charge in [-0.3, -0.25) is 0 Å². The van der Waals surface area contributed by atoms with Crippen molar-refractivity contribution in [2.24, 2.45) is 7.05 Å². The average Bonchev–Trinajstić information content (AvgIpc) is 2.88. The molecular weight excluding hydrogens is 312 g/mol. The molecular formula is C16H24N4O2S. The van der Waals surface area contributed by atoms with Crippen LogP contribution in [0.25, 0.3) is 0 Å². The molecule has 0 aliphatic carbocycles. The van der Waals surface area contributed by atoms with Gasteiger partial charge in [0.15, 0.2) is 0 Å². The van der Waals surface area contributed by atoms with Gasteiger partial charge in [-0.15, -0.1) is 10.2 Å². The van der Waals surface area contributed by atoms with Crippen molar-refractivity contribution < 1.29 is 8.42 Å². The Kier molecular flexibility index (Phi) is 5.21. The van der Waals surface area contributed by atoms with Gasteiger partial charge in [0, 0.05) is 20.0 Å². The van der Waals surface area contributed by atoms with Crippen LogP contribution in [0.4, 0.5) is 0 Å². The Labute approximate surface area is 138 Å². The van der Waals surface area contributed by atoms with E-state index in [1.54, 1.807) is 18.5 Å². The second-order valence-electron chi connectivity index (χ2n) is 6.63. The van der Waals surface area contributed by atoms with Crippen LogP contribution in [-0.4, -0.2) is 29.7 Å². The number of aromatic nitrogens is 3. The molecule has 1 N–H and O–H groups in total. The Morgan fingerprint density at radius 3 is 2.35 bits per heavy atom. The molecule has 0 atom stereocenters. The standard InChI is InChI=1S/C16H24N4O2S/c1-16(2,3)13-7-9-14(10-8-13)23(21,22)18-11-5-6-15-19-17-12-20(15)4/h7-10,12,18H,5-6,11H2,1-4H3. The van der Waals surface area contributed by atoms with E-state index >= 15 is 0 Å². The van der Waals surface area contributed by atoms with Crippen molar-refractivity contribution in [1.82, 2.24) is 19.5 Å². The van der Waals surface area contributed by atoms with Gasteiger partial charge in [-0.1, -0.05) is 32.9 Å². The largest absolute Gasteiger partial charge is 0.321 e. The van der Waals surface area contributed by atoms with Crippen LogP contribution in [0.5, 0.6) is 0 Å². The Bertz CT molecular complexity index is 743. The predicted molar refractivity (Wildman–Crippen MR) is 89.7 cm³/mol. The molecule has 0 aliphatic heterocycles. The van der Waals surface area contributed by atoms with Gasteiger partial charge in [0.1, 0.15) is 12.2 Å². The molecule has 1 aromatic heterocycles. The predicted octanol–water partition coefficient (Wildman–Crippen LogP) is 2.02. The fourth-order valence-electron chi connectivity index (χ4n) is 2.20. The van der Waals surface area contributed by atoms with Crippen LogP contribution >= 0.6 is 0 Å². The molecule has 0 spiro atoms. The number of aryl methyl sites for hydroxylation is 2. The van der Waals surface area contributed by atoms with Crippen LogP contribution in [0, 0.1) is 0 Å². The minimum atomic E-state index is -3.47. The minimum Gasteiger partial charge on any atom is -0.321 e. The summed E-state index contributed by atoms with van der Waals surface area (Å²) >= 11 is 0. The molecule has 0 fully saturated rings. The van der Waals surface area contributed by atoms with Gasteiger partial charge < -0.3 is 4.57 Å². The van der Waals surface area contributed by atoms with E-state index in [1.165, 1.54) is 0 Å². The highest BCUT2D eigenvalue weighted by Crippen LogP contribution is 2.23. The summed E-state index contributed by atoms with van der Waals surface area (Å²) in [5.74, 6) is 0.846. The maximum atomic E-state index is 12.3. The van der Waals surface area contributed by atoms with Crippen LogP contribution in [0.3, 0.4) is 0 Å². The summed E-state index contributed by atoms with van der Waals surface area (Å²) in [6.07, 6.45) is 2.99. The Morgan fingerprint density at radius 2 is 1.83 bits per heavy atom. The first kappa shape index (κ1) is 17.6. The molecule has 0 saturated heterocycles. The lowest BCUT2D eigenvalue weighted by Gasteiger charge is -2.19. The lowest BCUT2D eigenvalue weighted by atomic mass is 9.87. The molecule has 0 aliphatic rings. The lowest BCUT2D eigenvalue weighted by Crippen LogP contribution is -2.25. The summed E-state index contributed by atoms with van der Waals surface area (Å²) in [5, 5.41) is 7.78. The first-order chi connectivity index (χ1) is 10.7. The molecule has 1 heterocycles. The van der Waals surface area contributed by atoms with Crippen molar-refractivity contribution >= 4 is 10.0 Å². The van der Waals surface area contributed by atoms with Crippen LogP contribution in [0.2, 0.25) is 0 Å². The van der Waals surface area contributed by atoms with Gasteiger partial charge in [-0.25, -0.2) is 13.1 Å². The summed E-state index contributed by atoms with van der Waals surface area (Å²) in [4.78, 5) is 0.296. The third kappa shape index (κ3) is 4.62. The average molecular weight is 336 g/mol. The minimum absolute atomic E-state index is 0.00578. The molecule has 0 amide bonds. The highest BCUT2D eigenvalue weighted by Gasteiger charge is 2.17. The number of sulfonamides is 1. The fourth-order valence-corrected chi connectivity index (χ4v) is 3.28. The molecule has 2 aromatic rings. The third-order valence-corrected chi connectivity index (χ3v) is 5.18. The Morgan fingerprint density at radius 1 is 1.17 bits per heavy atom. The van der Waals surface area contributed by atoms with Crippen LogP contribution < -0.4 is 4.72 Å². The zero-order valence-corrected chi connectivity index (χ0v) is 14.9. The number of hydrogen-bond acceptors (Lipinski definition) is 4. The van der Waals surface area contributed by atoms with Crippen molar-refractivity contribution in [2.75, 3.05) is 6.54 Å². The van der Waals surface area contributed by atoms with Crippen molar-refractivity contribution in [1.29, 1.82) is 0 Å². The first-order valence-corrected chi connectivity index (χ1v) is 9.11. The molecule has 1 aromatic carbocycles. The maximum absolute atomic E-state index is 12.3. The molecule has 23 heavy (non-hydrogen) atoms. The van der Waals surface area contributed by atoms with E-state index in [4.69, 9.17) is 0 Å². The van der Waals surface area contributed by atoms with E-state index in [0.29, 0.717) is 24.3 Å². The highest BCUT2D eigenvalue weighted by molar-refractivity contribution is 7.89. The van der Waals surface area contributed by atoms with Gasteiger partial charge in [0.05, 0.1) is 4.90 Å². The van der Waals surface area contributed by atoms with Gasteiger partial charge in [0.2, 0.25) is 10.0 Å². The molecule has 2 rings (SSSR count). The van der Waals surface area contributed by atoms with E-state index in [2.05, 4.69) is 35.7 Å². The third-order valence-electron chi connectivity index (χ3n) is 3.71. The van der Waals surface area contributed by atoms with E-state index in [0.717, 1.165) is 11.4 Å². The van der Waals surface area contributed by atoms with E-state index in [-0.39, 0.29) is 5.41 Å². The van der Waals surface area contributed by atoms with Crippen LogP contribution in [0.15, 0.2) is 35.5 Å².